The number of benzene rings is 1. The van der Waals surface area contributed by atoms with Crippen LogP contribution in [0.4, 0.5) is 6.01 Å². The monoisotopic (exact) mass is 202 g/mol. The van der Waals surface area contributed by atoms with Crippen molar-refractivity contribution in [3.8, 4) is 0 Å². The number of rotatable bonds is 1. The van der Waals surface area contributed by atoms with Crippen molar-refractivity contribution in [1.29, 1.82) is 0 Å². The Balaban J connectivity index is 2.04. The van der Waals surface area contributed by atoms with Crippen LogP contribution >= 0.6 is 0 Å². The first-order valence-corrected chi connectivity index (χ1v) is 5.47. The Morgan fingerprint density at radius 3 is 3.00 bits per heavy atom. The zero-order chi connectivity index (χ0) is 10.3. The number of oxazole rings is 1. The van der Waals surface area contributed by atoms with Crippen LogP contribution < -0.4 is 4.90 Å². The Hall–Kier alpha value is -1.51. The fourth-order valence-electron chi connectivity index (χ4n) is 2.20. The van der Waals surface area contributed by atoms with E-state index in [0.717, 1.165) is 23.7 Å². The van der Waals surface area contributed by atoms with Crippen molar-refractivity contribution in [2.45, 2.75) is 25.8 Å². The molecule has 0 spiro atoms. The quantitative estimate of drug-likeness (QED) is 0.712. The molecular weight excluding hydrogens is 188 g/mol. The maximum atomic E-state index is 5.74. The SMILES string of the molecule is CC1CCCN1c1nc2ccccc2o1. The Morgan fingerprint density at radius 1 is 1.40 bits per heavy atom. The standard InChI is InChI=1S/C12H14N2O/c1-9-5-4-8-14(9)12-13-10-6-2-3-7-11(10)15-12/h2-3,6-7,9H,4-5,8H2,1H3. The zero-order valence-corrected chi connectivity index (χ0v) is 8.81. The van der Waals surface area contributed by atoms with Crippen LogP contribution in [0.2, 0.25) is 0 Å². The van der Waals surface area contributed by atoms with Gasteiger partial charge in [-0.15, -0.1) is 0 Å². The summed E-state index contributed by atoms with van der Waals surface area (Å²) in [6.07, 6.45) is 2.47. The summed E-state index contributed by atoms with van der Waals surface area (Å²) in [5, 5.41) is 0. The van der Waals surface area contributed by atoms with Gasteiger partial charge in [-0.1, -0.05) is 12.1 Å². The van der Waals surface area contributed by atoms with E-state index in [2.05, 4.69) is 16.8 Å². The highest BCUT2D eigenvalue weighted by molar-refractivity contribution is 5.74. The fraction of sp³-hybridized carbons (Fsp3) is 0.417. The minimum Gasteiger partial charge on any atom is -0.423 e. The van der Waals surface area contributed by atoms with Crippen molar-refractivity contribution in [2.75, 3.05) is 11.4 Å². The second-order valence-corrected chi connectivity index (χ2v) is 4.15. The van der Waals surface area contributed by atoms with E-state index in [4.69, 9.17) is 4.42 Å². The van der Waals surface area contributed by atoms with Crippen molar-refractivity contribution < 1.29 is 4.42 Å². The number of hydrogen-bond donors (Lipinski definition) is 0. The lowest BCUT2D eigenvalue weighted by molar-refractivity contribution is 0.561. The molecule has 1 atom stereocenters. The second kappa shape index (κ2) is 3.26. The van der Waals surface area contributed by atoms with E-state index in [0.29, 0.717) is 6.04 Å². The maximum absolute atomic E-state index is 5.74. The molecule has 1 saturated heterocycles. The molecule has 1 aromatic heterocycles. The lowest BCUT2D eigenvalue weighted by atomic mass is 10.2. The Kier molecular flexibility index (Phi) is 1.91. The molecule has 1 aliphatic rings. The number of nitrogens with zero attached hydrogens (tertiary/aromatic N) is 2. The van der Waals surface area contributed by atoms with Gasteiger partial charge in [0, 0.05) is 12.6 Å². The summed E-state index contributed by atoms with van der Waals surface area (Å²) < 4.78 is 5.74. The zero-order valence-electron chi connectivity index (χ0n) is 8.81. The molecule has 3 heteroatoms. The summed E-state index contributed by atoms with van der Waals surface area (Å²) in [7, 11) is 0. The molecule has 0 bridgehead atoms. The van der Waals surface area contributed by atoms with Gasteiger partial charge < -0.3 is 9.32 Å². The summed E-state index contributed by atoms with van der Waals surface area (Å²) in [6, 6.07) is 9.25. The topological polar surface area (TPSA) is 29.3 Å². The minimum atomic E-state index is 0.554. The van der Waals surface area contributed by atoms with E-state index in [1.54, 1.807) is 0 Å². The third-order valence-electron chi connectivity index (χ3n) is 3.08. The molecule has 1 aromatic carbocycles. The average molecular weight is 202 g/mol. The molecule has 1 unspecified atom stereocenters. The van der Waals surface area contributed by atoms with Crippen LogP contribution in [0.5, 0.6) is 0 Å². The van der Waals surface area contributed by atoms with Gasteiger partial charge in [0.1, 0.15) is 5.52 Å². The van der Waals surface area contributed by atoms with E-state index < -0.39 is 0 Å². The van der Waals surface area contributed by atoms with Crippen molar-refractivity contribution in [2.24, 2.45) is 0 Å². The van der Waals surface area contributed by atoms with E-state index >= 15 is 0 Å². The third-order valence-corrected chi connectivity index (χ3v) is 3.08. The molecule has 0 amide bonds. The largest absolute Gasteiger partial charge is 0.423 e. The number of aromatic nitrogens is 1. The molecule has 2 aromatic rings. The van der Waals surface area contributed by atoms with Crippen LogP contribution in [-0.2, 0) is 0 Å². The lowest BCUT2D eigenvalue weighted by Gasteiger charge is -2.18. The number of para-hydroxylation sites is 2. The minimum absolute atomic E-state index is 0.554. The van der Waals surface area contributed by atoms with Crippen LogP contribution in [0, 0.1) is 0 Å². The first-order chi connectivity index (χ1) is 7.34. The van der Waals surface area contributed by atoms with Crippen molar-refractivity contribution >= 4 is 17.1 Å². The van der Waals surface area contributed by atoms with Crippen molar-refractivity contribution in [3.05, 3.63) is 24.3 Å². The molecule has 15 heavy (non-hydrogen) atoms. The second-order valence-electron chi connectivity index (χ2n) is 4.15. The predicted molar refractivity (Wildman–Crippen MR) is 60.1 cm³/mol. The Morgan fingerprint density at radius 2 is 2.27 bits per heavy atom. The first-order valence-electron chi connectivity index (χ1n) is 5.47. The van der Waals surface area contributed by atoms with E-state index in [1.165, 1.54) is 12.8 Å². The summed E-state index contributed by atoms with van der Waals surface area (Å²) >= 11 is 0. The summed E-state index contributed by atoms with van der Waals surface area (Å²) in [4.78, 5) is 6.75. The molecule has 3 nitrogen and oxygen atoms in total. The van der Waals surface area contributed by atoms with Gasteiger partial charge in [0.25, 0.3) is 6.01 Å². The summed E-state index contributed by atoms with van der Waals surface area (Å²) in [6.45, 7) is 3.29. The Labute approximate surface area is 88.7 Å². The molecule has 2 heterocycles. The van der Waals surface area contributed by atoms with Gasteiger partial charge >= 0.3 is 0 Å². The highest BCUT2D eigenvalue weighted by Gasteiger charge is 2.24. The number of anilines is 1. The fourth-order valence-corrected chi connectivity index (χ4v) is 2.20. The molecule has 0 radical (unpaired) electrons. The van der Waals surface area contributed by atoms with Gasteiger partial charge in [-0.2, -0.15) is 4.98 Å². The Bertz CT molecular complexity index is 444. The first kappa shape index (κ1) is 8.77. The molecule has 1 fully saturated rings. The van der Waals surface area contributed by atoms with Gasteiger partial charge in [-0.25, -0.2) is 0 Å². The highest BCUT2D eigenvalue weighted by Crippen LogP contribution is 2.27. The van der Waals surface area contributed by atoms with Crippen LogP contribution in [-0.4, -0.2) is 17.6 Å². The van der Waals surface area contributed by atoms with Gasteiger partial charge in [0.15, 0.2) is 5.58 Å². The summed E-state index contributed by atoms with van der Waals surface area (Å²) in [5.74, 6) is 0. The molecule has 1 aliphatic heterocycles. The molecule has 78 valence electrons. The van der Waals surface area contributed by atoms with Crippen LogP contribution in [0.1, 0.15) is 19.8 Å². The number of fused-ring (bicyclic) bond motifs is 1. The lowest BCUT2D eigenvalue weighted by Crippen LogP contribution is -2.26. The molecule has 0 aliphatic carbocycles. The molecule has 3 rings (SSSR count). The van der Waals surface area contributed by atoms with E-state index in [9.17, 15) is 0 Å². The van der Waals surface area contributed by atoms with E-state index in [1.807, 2.05) is 24.3 Å². The summed E-state index contributed by atoms with van der Waals surface area (Å²) in [5.41, 5.74) is 1.83. The smallest absolute Gasteiger partial charge is 0.298 e. The third kappa shape index (κ3) is 1.39. The van der Waals surface area contributed by atoms with Gasteiger partial charge in [-0.3, -0.25) is 0 Å². The van der Waals surface area contributed by atoms with Gasteiger partial charge in [0.2, 0.25) is 0 Å². The van der Waals surface area contributed by atoms with Crippen LogP contribution in [0.15, 0.2) is 28.7 Å². The normalized spacial score (nSPS) is 21.4. The maximum Gasteiger partial charge on any atom is 0.298 e. The van der Waals surface area contributed by atoms with E-state index in [-0.39, 0.29) is 0 Å². The van der Waals surface area contributed by atoms with Crippen LogP contribution in [0.25, 0.3) is 11.1 Å². The molecule has 0 saturated carbocycles. The predicted octanol–water partition coefficient (Wildman–Crippen LogP) is 2.82. The van der Waals surface area contributed by atoms with Gasteiger partial charge in [0.05, 0.1) is 0 Å². The van der Waals surface area contributed by atoms with Crippen molar-refractivity contribution in [3.63, 3.8) is 0 Å². The van der Waals surface area contributed by atoms with Crippen LogP contribution in [0.3, 0.4) is 0 Å². The van der Waals surface area contributed by atoms with Crippen molar-refractivity contribution in [1.82, 2.24) is 4.98 Å². The highest BCUT2D eigenvalue weighted by atomic mass is 16.4. The van der Waals surface area contributed by atoms with Gasteiger partial charge in [-0.05, 0) is 31.9 Å². The molecule has 0 N–H and O–H groups in total. The number of hydrogen-bond acceptors (Lipinski definition) is 3. The average Bonchev–Trinajstić information content (AvgIpc) is 2.82. The molecular formula is C12H14N2O.